The molecule has 0 bridgehead atoms. The first-order valence-corrected chi connectivity index (χ1v) is 12.1. The van der Waals surface area contributed by atoms with Crippen LogP contribution in [0.15, 0.2) is 59.8 Å². The van der Waals surface area contributed by atoms with E-state index in [1.807, 2.05) is 12.1 Å². The molecule has 0 atom stereocenters. The summed E-state index contributed by atoms with van der Waals surface area (Å²) in [4.78, 5) is 22.4. The van der Waals surface area contributed by atoms with E-state index in [0.29, 0.717) is 47.4 Å². The summed E-state index contributed by atoms with van der Waals surface area (Å²) in [6, 6.07) is 11.0. The molecule has 9 heteroatoms. The van der Waals surface area contributed by atoms with Crippen molar-refractivity contribution in [3.05, 3.63) is 82.4 Å². The Morgan fingerprint density at radius 1 is 1.08 bits per heavy atom. The minimum Gasteiger partial charge on any atom is -0.395 e. The predicted octanol–water partition coefficient (Wildman–Crippen LogP) is 3.96. The number of hydrogen-bond donors (Lipinski definition) is 3. The smallest absolute Gasteiger partial charge is 0.207 e. The van der Waals surface area contributed by atoms with E-state index in [-0.39, 0.29) is 23.6 Å². The van der Waals surface area contributed by atoms with Crippen molar-refractivity contribution in [3.8, 4) is 28.3 Å². The Hall–Kier alpha value is -4.13. The molecule has 37 heavy (non-hydrogen) atoms. The molecule has 1 saturated heterocycles. The molecule has 188 valence electrons. The minimum atomic E-state index is -0.679. The van der Waals surface area contributed by atoms with E-state index >= 15 is 0 Å². The molecule has 1 aliphatic rings. The second kappa shape index (κ2) is 10.5. The fourth-order valence-corrected chi connectivity index (χ4v) is 4.97. The van der Waals surface area contributed by atoms with Gasteiger partial charge in [-0.3, -0.25) is 9.78 Å². The van der Waals surface area contributed by atoms with Gasteiger partial charge >= 0.3 is 0 Å². The number of nitriles is 1. The second-order valence-electron chi connectivity index (χ2n) is 9.07. The summed E-state index contributed by atoms with van der Waals surface area (Å²) in [5, 5.41) is 22.5. The maximum absolute atomic E-state index is 14.2. The van der Waals surface area contributed by atoms with E-state index in [1.54, 1.807) is 24.5 Å². The van der Waals surface area contributed by atoms with Gasteiger partial charge in [-0.1, -0.05) is 6.07 Å². The van der Waals surface area contributed by atoms with Crippen LogP contribution in [-0.4, -0.2) is 47.4 Å². The number of aromatic nitrogens is 2. The lowest BCUT2D eigenvalue weighted by atomic mass is 9.96. The van der Waals surface area contributed by atoms with Crippen molar-refractivity contribution in [2.24, 2.45) is 0 Å². The molecule has 1 aliphatic heterocycles. The van der Waals surface area contributed by atoms with Crippen LogP contribution >= 0.6 is 0 Å². The van der Waals surface area contributed by atoms with Gasteiger partial charge in [0.15, 0.2) is 0 Å². The van der Waals surface area contributed by atoms with Gasteiger partial charge in [-0.2, -0.15) is 5.26 Å². The first-order chi connectivity index (χ1) is 18.0. The van der Waals surface area contributed by atoms with E-state index in [9.17, 15) is 18.8 Å². The summed E-state index contributed by atoms with van der Waals surface area (Å²) in [7, 11) is 0. The first kappa shape index (κ1) is 24.6. The van der Waals surface area contributed by atoms with E-state index in [4.69, 9.17) is 5.11 Å². The number of aliphatic hydroxyl groups excluding tert-OH is 1. The largest absolute Gasteiger partial charge is 0.395 e. The van der Waals surface area contributed by atoms with E-state index in [2.05, 4.69) is 20.2 Å². The molecule has 0 unspecified atom stereocenters. The molecule has 7 nitrogen and oxygen atoms in total. The van der Waals surface area contributed by atoms with Gasteiger partial charge in [-0.25, -0.2) is 8.78 Å². The Labute approximate surface area is 212 Å². The van der Waals surface area contributed by atoms with Gasteiger partial charge in [-0.15, -0.1) is 0 Å². The predicted molar refractivity (Wildman–Crippen MR) is 138 cm³/mol. The topological polar surface area (TPSA) is 105 Å². The zero-order valence-electron chi connectivity index (χ0n) is 20.0. The summed E-state index contributed by atoms with van der Waals surface area (Å²) in [6.07, 6.45) is 6.20. The van der Waals surface area contributed by atoms with Crippen LogP contribution in [0.5, 0.6) is 0 Å². The first-order valence-electron chi connectivity index (χ1n) is 12.1. The van der Waals surface area contributed by atoms with Crippen LogP contribution in [0.25, 0.3) is 33.2 Å². The van der Waals surface area contributed by atoms with Crippen LogP contribution in [0.1, 0.15) is 18.4 Å². The number of aromatic amines is 1. The fourth-order valence-electron chi connectivity index (χ4n) is 4.97. The highest BCUT2D eigenvalue weighted by atomic mass is 19.1. The van der Waals surface area contributed by atoms with Crippen molar-refractivity contribution in [2.75, 3.05) is 31.1 Å². The number of pyridine rings is 2. The number of anilines is 1. The maximum Gasteiger partial charge on any atom is 0.207 e. The quantitative estimate of drug-likeness (QED) is 0.370. The molecule has 0 spiro atoms. The highest BCUT2D eigenvalue weighted by molar-refractivity contribution is 6.01. The van der Waals surface area contributed by atoms with Crippen molar-refractivity contribution in [3.63, 3.8) is 0 Å². The fraction of sp³-hybridized carbons (Fsp3) is 0.250. The second-order valence-corrected chi connectivity index (χ2v) is 9.07. The minimum absolute atomic E-state index is 0.0115. The number of piperidine rings is 1. The van der Waals surface area contributed by atoms with Gasteiger partial charge in [0.05, 0.1) is 17.8 Å². The maximum atomic E-state index is 14.2. The van der Waals surface area contributed by atoms with Gasteiger partial charge in [0.1, 0.15) is 23.3 Å². The Kier molecular flexibility index (Phi) is 6.95. The lowest BCUT2D eigenvalue weighted by Gasteiger charge is -2.36. The molecule has 2 aromatic heterocycles. The van der Waals surface area contributed by atoms with Gasteiger partial charge in [-0.05, 0) is 48.2 Å². The highest BCUT2D eigenvalue weighted by Crippen LogP contribution is 2.39. The Morgan fingerprint density at radius 3 is 2.54 bits per heavy atom. The van der Waals surface area contributed by atoms with Crippen molar-refractivity contribution in [2.45, 2.75) is 18.9 Å². The standard InChI is InChI=1S/C28H25F2N5O2/c29-20-9-18(10-21(30)12-20)24-16-34-26-2-1-17(25-15-32-14-19(13-31)28(25)37)11-23(26)27(24)35-6-3-22(4-7-35)33-5-8-36/h1-2,9-12,14-16,22,33,36H,3-8H2,(H,32,37). The van der Waals surface area contributed by atoms with Gasteiger partial charge < -0.3 is 20.3 Å². The summed E-state index contributed by atoms with van der Waals surface area (Å²) >= 11 is 0. The molecule has 1 fully saturated rings. The van der Waals surface area contributed by atoms with Crippen LogP contribution in [0.3, 0.4) is 0 Å². The average Bonchev–Trinajstić information content (AvgIpc) is 2.91. The molecule has 0 radical (unpaired) electrons. The molecule has 2 aromatic carbocycles. The Bertz CT molecular complexity index is 1530. The highest BCUT2D eigenvalue weighted by Gasteiger charge is 2.24. The summed E-state index contributed by atoms with van der Waals surface area (Å²) in [6.45, 7) is 1.96. The molecule has 4 aromatic rings. The summed E-state index contributed by atoms with van der Waals surface area (Å²) in [5.74, 6) is -1.36. The molecule has 5 rings (SSSR count). The third-order valence-electron chi connectivity index (χ3n) is 6.75. The number of hydrogen-bond acceptors (Lipinski definition) is 6. The molecular formula is C28H25F2N5O2. The summed E-state index contributed by atoms with van der Waals surface area (Å²) < 4.78 is 28.4. The lowest BCUT2D eigenvalue weighted by molar-refractivity contribution is 0.277. The van der Waals surface area contributed by atoms with E-state index in [0.717, 1.165) is 30.0 Å². The SMILES string of the molecule is N#Cc1c[nH]cc(-c2ccc3ncc(-c4cc(F)cc(F)c4)c(N4CCC(NCCO)CC4)c3c2)c1=O. The van der Waals surface area contributed by atoms with Crippen molar-refractivity contribution in [1.29, 1.82) is 5.26 Å². The number of H-pyrrole nitrogens is 1. The normalized spacial score (nSPS) is 14.2. The summed E-state index contributed by atoms with van der Waals surface area (Å²) in [5.41, 5.74) is 3.00. The monoisotopic (exact) mass is 501 g/mol. The number of benzene rings is 2. The number of rotatable bonds is 6. The molecule has 0 aliphatic carbocycles. The number of nitrogens with one attached hydrogen (secondary N) is 2. The Balaban J connectivity index is 1.68. The molecule has 0 amide bonds. The van der Waals surface area contributed by atoms with E-state index in [1.165, 1.54) is 18.3 Å². The number of fused-ring (bicyclic) bond motifs is 1. The van der Waals surface area contributed by atoms with Gasteiger partial charge in [0, 0.05) is 66.8 Å². The third kappa shape index (κ3) is 4.94. The lowest BCUT2D eigenvalue weighted by Crippen LogP contribution is -2.43. The molecule has 3 N–H and O–H groups in total. The molecule has 3 heterocycles. The van der Waals surface area contributed by atoms with Crippen LogP contribution in [0, 0.1) is 23.0 Å². The Morgan fingerprint density at radius 2 is 1.84 bits per heavy atom. The van der Waals surface area contributed by atoms with Crippen LogP contribution in [-0.2, 0) is 0 Å². The molecule has 0 saturated carbocycles. The third-order valence-corrected chi connectivity index (χ3v) is 6.75. The molecular weight excluding hydrogens is 476 g/mol. The van der Waals surface area contributed by atoms with Crippen LogP contribution in [0.4, 0.5) is 14.5 Å². The van der Waals surface area contributed by atoms with Crippen LogP contribution < -0.4 is 15.6 Å². The number of halogens is 2. The zero-order chi connectivity index (χ0) is 25.9. The van der Waals surface area contributed by atoms with Crippen molar-refractivity contribution >= 4 is 16.6 Å². The van der Waals surface area contributed by atoms with Crippen LogP contribution in [0.2, 0.25) is 0 Å². The van der Waals surface area contributed by atoms with E-state index < -0.39 is 11.6 Å². The van der Waals surface area contributed by atoms with Gasteiger partial charge in [0.25, 0.3) is 0 Å². The van der Waals surface area contributed by atoms with Crippen molar-refractivity contribution < 1.29 is 13.9 Å². The van der Waals surface area contributed by atoms with Crippen molar-refractivity contribution in [1.82, 2.24) is 15.3 Å². The number of aliphatic hydroxyl groups is 1. The average molecular weight is 502 g/mol. The zero-order valence-corrected chi connectivity index (χ0v) is 20.0. The van der Waals surface area contributed by atoms with Gasteiger partial charge in [0.2, 0.25) is 5.43 Å². The number of nitrogens with zero attached hydrogens (tertiary/aromatic N) is 3.